The van der Waals surface area contributed by atoms with Gasteiger partial charge in [0.05, 0.1) is 22.6 Å². The molecule has 8 nitrogen and oxygen atoms in total. The van der Waals surface area contributed by atoms with Gasteiger partial charge in [-0.15, -0.1) is 0 Å². The summed E-state index contributed by atoms with van der Waals surface area (Å²) in [4.78, 5) is 33.0. The average Bonchev–Trinajstić information content (AvgIpc) is 3.02. The van der Waals surface area contributed by atoms with Crippen molar-refractivity contribution in [2.75, 3.05) is 5.32 Å². The van der Waals surface area contributed by atoms with Crippen LogP contribution in [0.25, 0.3) is 11.1 Å². The van der Waals surface area contributed by atoms with Gasteiger partial charge in [-0.1, -0.05) is 24.3 Å². The smallest absolute Gasteiger partial charge is 0.420 e. The molecule has 0 aliphatic rings. The van der Waals surface area contributed by atoms with E-state index >= 15 is 0 Å². The third-order valence-electron chi connectivity index (χ3n) is 4.43. The summed E-state index contributed by atoms with van der Waals surface area (Å²) in [6.45, 7) is 3.10. The summed E-state index contributed by atoms with van der Waals surface area (Å²) in [6, 6.07) is 12.7. The molecular formula is C21H17FN4O4. The molecule has 0 saturated heterocycles. The number of oxazole rings is 1. The molecular weight excluding hydrogens is 391 g/mol. The molecule has 0 aliphatic heterocycles. The average molecular weight is 408 g/mol. The Hall–Kier alpha value is -4.01. The van der Waals surface area contributed by atoms with E-state index in [1.807, 2.05) is 0 Å². The molecule has 0 fully saturated rings. The van der Waals surface area contributed by atoms with Crippen molar-refractivity contribution in [1.82, 2.24) is 14.5 Å². The summed E-state index contributed by atoms with van der Waals surface area (Å²) in [7, 11) is 0. The van der Waals surface area contributed by atoms with Gasteiger partial charge in [-0.3, -0.25) is 9.36 Å². The lowest BCUT2D eigenvalue weighted by molar-refractivity contribution is -0.116. The van der Waals surface area contributed by atoms with Crippen molar-refractivity contribution in [2.24, 2.45) is 0 Å². The number of fused-ring (bicyclic) bond motifs is 1. The van der Waals surface area contributed by atoms with Crippen LogP contribution in [0.5, 0.6) is 11.8 Å². The number of hydrogen-bond donors (Lipinski definition) is 1. The first kappa shape index (κ1) is 19.3. The topological polar surface area (TPSA) is 99.3 Å². The standard InChI is InChI=1S/C21H17FN4O4/c1-12-19(13(2)24-20(23-12)29-16-9-5-3-7-14(16)22)25-18(27)11-26-15-8-4-6-10-17(15)30-21(26)28/h3-10H,11H2,1-2H3,(H,25,27). The number of carbonyl (C=O) groups excluding carboxylic acids is 1. The van der Waals surface area contributed by atoms with Gasteiger partial charge >= 0.3 is 11.8 Å². The predicted octanol–water partition coefficient (Wildman–Crippen LogP) is 3.57. The Morgan fingerprint density at radius 3 is 2.50 bits per heavy atom. The highest BCUT2D eigenvalue weighted by Crippen LogP contribution is 2.25. The van der Waals surface area contributed by atoms with Gasteiger partial charge in [0, 0.05) is 0 Å². The summed E-state index contributed by atoms with van der Waals surface area (Å²) in [5, 5.41) is 2.72. The fourth-order valence-electron chi connectivity index (χ4n) is 3.02. The van der Waals surface area contributed by atoms with Crippen molar-refractivity contribution in [1.29, 1.82) is 0 Å². The second-order valence-corrected chi connectivity index (χ2v) is 6.55. The highest BCUT2D eigenvalue weighted by molar-refractivity contribution is 5.92. The Bertz CT molecular complexity index is 1290. The number of ether oxygens (including phenoxy) is 1. The van der Waals surface area contributed by atoms with E-state index in [9.17, 15) is 14.0 Å². The monoisotopic (exact) mass is 408 g/mol. The van der Waals surface area contributed by atoms with E-state index in [1.54, 1.807) is 50.2 Å². The van der Waals surface area contributed by atoms with E-state index in [4.69, 9.17) is 9.15 Å². The molecule has 1 N–H and O–H groups in total. The van der Waals surface area contributed by atoms with Crippen LogP contribution in [0.3, 0.4) is 0 Å². The number of hydrogen-bond acceptors (Lipinski definition) is 6. The Kier molecular flexibility index (Phi) is 5.01. The van der Waals surface area contributed by atoms with Crippen LogP contribution < -0.4 is 15.8 Å². The van der Waals surface area contributed by atoms with E-state index in [1.165, 1.54) is 16.7 Å². The number of para-hydroxylation sites is 3. The summed E-state index contributed by atoms with van der Waals surface area (Å²) in [5.41, 5.74) is 2.19. The normalized spacial score (nSPS) is 10.9. The number of anilines is 1. The lowest BCUT2D eigenvalue weighted by Crippen LogP contribution is -2.25. The van der Waals surface area contributed by atoms with E-state index in [-0.39, 0.29) is 18.3 Å². The number of benzene rings is 2. The van der Waals surface area contributed by atoms with Gasteiger partial charge in [-0.2, -0.15) is 9.97 Å². The van der Waals surface area contributed by atoms with Gasteiger partial charge in [0.1, 0.15) is 6.54 Å². The van der Waals surface area contributed by atoms with Crippen LogP contribution in [0.4, 0.5) is 10.1 Å². The molecule has 4 rings (SSSR count). The highest BCUT2D eigenvalue weighted by atomic mass is 19.1. The molecule has 30 heavy (non-hydrogen) atoms. The third kappa shape index (κ3) is 3.77. The number of halogens is 1. The molecule has 4 aromatic rings. The maximum atomic E-state index is 13.8. The van der Waals surface area contributed by atoms with Crippen molar-refractivity contribution in [3.63, 3.8) is 0 Å². The summed E-state index contributed by atoms with van der Waals surface area (Å²) < 4.78 is 25.6. The molecule has 0 spiro atoms. The molecule has 0 atom stereocenters. The minimum absolute atomic E-state index is 0.000651. The Morgan fingerprint density at radius 2 is 1.77 bits per heavy atom. The van der Waals surface area contributed by atoms with Gasteiger partial charge < -0.3 is 14.5 Å². The molecule has 0 bridgehead atoms. The summed E-state index contributed by atoms with van der Waals surface area (Å²) in [5.74, 6) is -1.60. The van der Waals surface area contributed by atoms with Crippen LogP contribution in [-0.2, 0) is 11.3 Å². The van der Waals surface area contributed by atoms with Gasteiger partial charge in [-0.25, -0.2) is 9.18 Å². The van der Waals surface area contributed by atoms with Crippen LogP contribution in [-0.4, -0.2) is 20.4 Å². The van der Waals surface area contributed by atoms with E-state index in [2.05, 4.69) is 15.3 Å². The maximum absolute atomic E-state index is 13.8. The van der Waals surface area contributed by atoms with Gasteiger partial charge in [0.2, 0.25) is 5.91 Å². The minimum Gasteiger partial charge on any atom is -0.421 e. The summed E-state index contributed by atoms with van der Waals surface area (Å²) >= 11 is 0. The van der Waals surface area contributed by atoms with Crippen molar-refractivity contribution in [3.05, 3.63) is 76.3 Å². The predicted molar refractivity (Wildman–Crippen MR) is 107 cm³/mol. The van der Waals surface area contributed by atoms with E-state index in [0.717, 1.165) is 0 Å². The molecule has 2 aromatic carbocycles. The first-order chi connectivity index (χ1) is 14.4. The number of aromatic nitrogens is 3. The number of rotatable bonds is 5. The second kappa shape index (κ2) is 7.78. The van der Waals surface area contributed by atoms with Crippen LogP contribution in [0, 0.1) is 19.7 Å². The zero-order valence-electron chi connectivity index (χ0n) is 16.2. The fourth-order valence-corrected chi connectivity index (χ4v) is 3.02. The summed E-state index contributed by atoms with van der Waals surface area (Å²) in [6.07, 6.45) is 0. The van der Waals surface area contributed by atoms with Crippen LogP contribution in [0.2, 0.25) is 0 Å². The van der Waals surface area contributed by atoms with Gasteiger partial charge in [-0.05, 0) is 38.1 Å². The highest BCUT2D eigenvalue weighted by Gasteiger charge is 2.16. The molecule has 2 heterocycles. The maximum Gasteiger partial charge on any atom is 0.420 e. The molecule has 0 radical (unpaired) electrons. The number of amides is 1. The van der Waals surface area contributed by atoms with Crippen molar-refractivity contribution in [2.45, 2.75) is 20.4 Å². The lowest BCUT2D eigenvalue weighted by atomic mass is 10.2. The minimum atomic E-state index is -0.621. The Labute approximate surface area is 170 Å². The number of nitrogens with one attached hydrogen (secondary N) is 1. The molecule has 1 amide bonds. The van der Waals surface area contributed by atoms with Gasteiger partial charge in [0.25, 0.3) is 0 Å². The zero-order valence-corrected chi connectivity index (χ0v) is 16.2. The number of aryl methyl sites for hydroxylation is 2. The number of carbonyl (C=O) groups is 1. The molecule has 0 unspecified atom stereocenters. The van der Waals surface area contributed by atoms with E-state index in [0.29, 0.717) is 28.2 Å². The van der Waals surface area contributed by atoms with Crippen LogP contribution >= 0.6 is 0 Å². The van der Waals surface area contributed by atoms with Crippen molar-refractivity contribution < 1.29 is 18.3 Å². The first-order valence-electron chi connectivity index (χ1n) is 9.08. The fraction of sp³-hybridized carbons (Fsp3) is 0.143. The lowest BCUT2D eigenvalue weighted by Gasteiger charge is -2.13. The molecule has 2 aromatic heterocycles. The quantitative estimate of drug-likeness (QED) is 0.542. The number of nitrogens with zero attached hydrogens (tertiary/aromatic N) is 3. The molecule has 9 heteroatoms. The van der Waals surface area contributed by atoms with Crippen molar-refractivity contribution >= 4 is 22.7 Å². The molecule has 0 aliphatic carbocycles. The van der Waals surface area contributed by atoms with E-state index < -0.39 is 17.5 Å². The van der Waals surface area contributed by atoms with Crippen molar-refractivity contribution in [3.8, 4) is 11.8 Å². The molecule has 152 valence electrons. The van der Waals surface area contributed by atoms with Crippen LogP contribution in [0.15, 0.2) is 57.7 Å². The second-order valence-electron chi connectivity index (χ2n) is 6.55. The largest absolute Gasteiger partial charge is 0.421 e. The SMILES string of the molecule is Cc1nc(Oc2ccccc2F)nc(C)c1NC(=O)Cn1c(=O)oc2ccccc21. The van der Waals surface area contributed by atoms with Crippen LogP contribution in [0.1, 0.15) is 11.4 Å². The first-order valence-corrected chi connectivity index (χ1v) is 9.08. The third-order valence-corrected chi connectivity index (χ3v) is 4.43. The Morgan fingerprint density at radius 1 is 1.10 bits per heavy atom. The molecule has 0 saturated carbocycles. The van der Waals surface area contributed by atoms with Gasteiger partial charge in [0.15, 0.2) is 17.1 Å². The Balaban J connectivity index is 1.54. The zero-order chi connectivity index (χ0) is 21.3.